The van der Waals surface area contributed by atoms with Crippen LogP contribution in [0.15, 0.2) is 18.5 Å². The van der Waals surface area contributed by atoms with Crippen molar-refractivity contribution in [3.05, 3.63) is 29.7 Å². The molecule has 15 heavy (non-hydrogen) atoms. The molecule has 0 radical (unpaired) electrons. The Hall–Kier alpha value is -1.42. The van der Waals surface area contributed by atoms with Crippen LogP contribution < -0.4 is 5.73 Å². The molecule has 0 atom stereocenters. The summed E-state index contributed by atoms with van der Waals surface area (Å²) in [5, 5.41) is 0.671. The molecule has 0 aliphatic heterocycles. The summed E-state index contributed by atoms with van der Waals surface area (Å²) in [6, 6.07) is 2.07. The monoisotopic (exact) mass is 217 g/mol. The van der Waals surface area contributed by atoms with Crippen LogP contribution in [0.1, 0.15) is 17.7 Å². The summed E-state index contributed by atoms with van der Waals surface area (Å²) in [4.78, 5) is 9.80. The summed E-state index contributed by atoms with van der Waals surface area (Å²) in [7, 11) is 0. The zero-order valence-electron chi connectivity index (χ0n) is 8.23. The number of nitrogens with zero attached hydrogens (tertiary/aromatic N) is 2. The van der Waals surface area contributed by atoms with E-state index >= 15 is 0 Å². The highest BCUT2D eigenvalue weighted by Crippen LogP contribution is 2.36. The molecule has 2 heterocycles. The van der Waals surface area contributed by atoms with E-state index in [1.54, 1.807) is 11.3 Å². The van der Waals surface area contributed by atoms with Gasteiger partial charge in [-0.15, -0.1) is 0 Å². The van der Waals surface area contributed by atoms with Gasteiger partial charge < -0.3 is 5.73 Å². The number of aromatic nitrogens is 2. The van der Waals surface area contributed by atoms with Crippen LogP contribution >= 0.6 is 11.3 Å². The van der Waals surface area contributed by atoms with E-state index in [1.807, 2.05) is 12.4 Å². The summed E-state index contributed by atoms with van der Waals surface area (Å²) in [6.07, 6.45) is 7.04. The predicted octanol–water partition coefficient (Wildman–Crippen LogP) is 2.28. The van der Waals surface area contributed by atoms with Crippen LogP contribution in [0.4, 0.5) is 5.13 Å². The van der Waals surface area contributed by atoms with Crippen molar-refractivity contribution >= 4 is 16.5 Å². The molecule has 1 aliphatic carbocycles. The van der Waals surface area contributed by atoms with Gasteiger partial charge in [-0.2, -0.15) is 0 Å². The number of anilines is 1. The van der Waals surface area contributed by atoms with Gasteiger partial charge >= 0.3 is 0 Å². The normalized spacial score (nSPS) is 14.1. The second-order valence-corrected chi connectivity index (χ2v) is 4.74. The van der Waals surface area contributed by atoms with Crippen molar-refractivity contribution in [2.24, 2.45) is 0 Å². The third-order valence-electron chi connectivity index (χ3n) is 2.72. The summed E-state index contributed by atoms with van der Waals surface area (Å²) < 4.78 is 0. The zero-order chi connectivity index (χ0) is 10.3. The highest BCUT2D eigenvalue weighted by Gasteiger charge is 2.17. The van der Waals surface area contributed by atoms with Crippen LogP contribution in [0, 0.1) is 0 Å². The minimum atomic E-state index is 0.671. The molecule has 2 aromatic heterocycles. The van der Waals surface area contributed by atoms with E-state index in [0.717, 1.165) is 25.0 Å². The van der Waals surface area contributed by atoms with E-state index in [0.29, 0.717) is 5.13 Å². The Morgan fingerprint density at radius 1 is 1.33 bits per heavy atom. The van der Waals surface area contributed by atoms with Crippen LogP contribution in [-0.2, 0) is 12.8 Å². The fourth-order valence-electron chi connectivity index (χ4n) is 2.04. The van der Waals surface area contributed by atoms with Crippen molar-refractivity contribution in [3.63, 3.8) is 0 Å². The van der Waals surface area contributed by atoms with Gasteiger partial charge in [0.1, 0.15) is 0 Å². The molecule has 0 saturated heterocycles. The lowest BCUT2D eigenvalue weighted by Gasteiger charge is -2.02. The van der Waals surface area contributed by atoms with Crippen molar-refractivity contribution in [1.82, 2.24) is 9.97 Å². The predicted molar refractivity (Wildman–Crippen MR) is 61.8 cm³/mol. The average Bonchev–Trinajstić information content (AvgIpc) is 2.52. The number of rotatable bonds is 0. The highest BCUT2D eigenvalue weighted by atomic mass is 32.1. The van der Waals surface area contributed by atoms with Gasteiger partial charge in [-0.3, -0.25) is 4.98 Å². The summed E-state index contributed by atoms with van der Waals surface area (Å²) >= 11 is 1.59. The number of pyridine rings is 1. The Morgan fingerprint density at radius 3 is 3.20 bits per heavy atom. The van der Waals surface area contributed by atoms with E-state index in [9.17, 15) is 0 Å². The molecule has 76 valence electrons. The molecule has 0 amide bonds. The molecular weight excluding hydrogens is 206 g/mol. The molecule has 0 aromatic carbocycles. The lowest BCUT2D eigenvalue weighted by Crippen LogP contribution is -1.89. The lowest BCUT2D eigenvalue weighted by atomic mass is 10.1. The second kappa shape index (κ2) is 3.31. The Balaban J connectivity index is 2.26. The maximum atomic E-state index is 5.76. The first-order valence-electron chi connectivity index (χ1n) is 5.03. The van der Waals surface area contributed by atoms with Gasteiger partial charge in [-0.1, -0.05) is 11.3 Å². The van der Waals surface area contributed by atoms with Gasteiger partial charge in [-0.25, -0.2) is 4.98 Å². The molecule has 1 aliphatic rings. The first-order chi connectivity index (χ1) is 7.34. The van der Waals surface area contributed by atoms with Gasteiger partial charge in [0.25, 0.3) is 0 Å². The molecule has 0 bridgehead atoms. The largest absolute Gasteiger partial charge is 0.375 e. The SMILES string of the molecule is Nc1nc2c(s1)-c1ccncc1CCC2. The van der Waals surface area contributed by atoms with Crippen LogP contribution in [0.3, 0.4) is 0 Å². The zero-order valence-corrected chi connectivity index (χ0v) is 9.05. The molecule has 2 N–H and O–H groups in total. The van der Waals surface area contributed by atoms with Crippen LogP contribution in [0.2, 0.25) is 0 Å². The number of nitrogens with two attached hydrogens (primary N) is 1. The van der Waals surface area contributed by atoms with Crippen molar-refractivity contribution in [2.75, 3.05) is 5.73 Å². The summed E-state index contributed by atoms with van der Waals surface area (Å²) in [5.74, 6) is 0. The fourth-order valence-corrected chi connectivity index (χ4v) is 2.98. The Morgan fingerprint density at radius 2 is 2.27 bits per heavy atom. The minimum Gasteiger partial charge on any atom is -0.375 e. The van der Waals surface area contributed by atoms with Crippen LogP contribution in [0.5, 0.6) is 0 Å². The Bertz CT molecular complexity index is 504. The molecule has 0 unspecified atom stereocenters. The third kappa shape index (κ3) is 1.41. The number of fused-ring (bicyclic) bond motifs is 3. The molecular formula is C11H11N3S. The van der Waals surface area contributed by atoms with Gasteiger partial charge in [0.15, 0.2) is 5.13 Å². The lowest BCUT2D eigenvalue weighted by molar-refractivity contribution is 0.816. The molecule has 0 saturated carbocycles. The first kappa shape index (κ1) is 8.85. The van der Waals surface area contributed by atoms with E-state index in [2.05, 4.69) is 16.0 Å². The molecule has 0 spiro atoms. The van der Waals surface area contributed by atoms with Gasteiger partial charge in [-0.05, 0) is 36.5 Å². The van der Waals surface area contributed by atoms with Crippen LogP contribution in [-0.4, -0.2) is 9.97 Å². The molecule has 3 rings (SSSR count). The summed E-state index contributed by atoms with van der Waals surface area (Å²) in [5.41, 5.74) is 9.50. The Labute approximate surface area is 92.0 Å². The number of hydrogen-bond acceptors (Lipinski definition) is 4. The smallest absolute Gasteiger partial charge is 0.180 e. The topological polar surface area (TPSA) is 51.8 Å². The number of thiazole rings is 1. The summed E-state index contributed by atoms with van der Waals surface area (Å²) in [6.45, 7) is 0. The number of nitrogen functional groups attached to an aromatic ring is 1. The molecule has 0 fully saturated rings. The van der Waals surface area contributed by atoms with E-state index in [-0.39, 0.29) is 0 Å². The first-order valence-corrected chi connectivity index (χ1v) is 5.84. The van der Waals surface area contributed by atoms with Gasteiger partial charge in [0, 0.05) is 12.4 Å². The maximum absolute atomic E-state index is 5.76. The minimum absolute atomic E-state index is 0.671. The maximum Gasteiger partial charge on any atom is 0.180 e. The molecule has 2 aromatic rings. The van der Waals surface area contributed by atoms with Crippen molar-refractivity contribution in [2.45, 2.75) is 19.3 Å². The number of aryl methyl sites for hydroxylation is 2. The van der Waals surface area contributed by atoms with E-state index in [1.165, 1.54) is 16.0 Å². The van der Waals surface area contributed by atoms with E-state index in [4.69, 9.17) is 5.73 Å². The van der Waals surface area contributed by atoms with Crippen LogP contribution in [0.25, 0.3) is 10.4 Å². The van der Waals surface area contributed by atoms with E-state index < -0.39 is 0 Å². The molecule has 4 heteroatoms. The molecule has 3 nitrogen and oxygen atoms in total. The van der Waals surface area contributed by atoms with Crippen molar-refractivity contribution in [1.29, 1.82) is 0 Å². The number of hydrogen-bond donors (Lipinski definition) is 1. The highest BCUT2D eigenvalue weighted by molar-refractivity contribution is 7.18. The van der Waals surface area contributed by atoms with Gasteiger partial charge in [0.05, 0.1) is 10.6 Å². The Kier molecular flexibility index (Phi) is 1.95. The van der Waals surface area contributed by atoms with Gasteiger partial charge in [0.2, 0.25) is 0 Å². The second-order valence-electron chi connectivity index (χ2n) is 3.71. The average molecular weight is 217 g/mol. The quantitative estimate of drug-likeness (QED) is 0.736. The standard InChI is InChI=1S/C11H11N3S/c12-11-14-9-3-1-2-7-6-13-5-4-8(7)10(9)15-11/h4-6H,1-3H2,(H2,12,14). The third-order valence-corrected chi connectivity index (χ3v) is 3.68. The van der Waals surface area contributed by atoms with Crippen molar-refractivity contribution < 1.29 is 0 Å². The van der Waals surface area contributed by atoms with Crippen molar-refractivity contribution in [3.8, 4) is 10.4 Å². The fraction of sp³-hybridized carbons (Fsp3) is 0.273.